The van der Waals surface area contributed by atoms with Crippen LogP contribution in [0.5, 0.6) is 5.75 Å². The minimum Gasteiger partial charge on any atom is -0.507 e. The van der Waals surface area contributed by atoms with E-state index in [0.717, 1.165) is 23.5 Å². The Kier molecular flexibility index (Phi) is 5.46. The maximum Gasteiger partial charge on any atom is 0.205 e. The van der Waals surface area contributed by atoms with Gasteiger partial charge in [-0.2, -0.15) is 0 Å². The number of aromatic hydroxyl groups is 1. The van der Waals surface area contributed by atoms with Crippen molar-refractivity contribution < 1.29 is 24.9 Å². The predicted molar refractivity (Wildman–Crippen MR) is 82.9 cm³/mol. The standard InChI is InChI=1S/C14H14O5S2/c15-4-6-20-13-11(18)8-2-1-3-9(17)10(8)12(19)14(13)21-7-5-16/h1-3,15-17H,4-7H2. The molecule has 0 saturated heterocycles. The van der Waals surface area contributed by atoms with Crippen molar-refractivity contribution in [3.8, 4) is 5.75 Å². The highest BCUT2D eigenvalue weighted by molar-refractivity contribution is 8.08. The monoisotopic (exact) mass is 326 g/mol. The van der Waals surface area contributed by atoms with Crippen LogP contribution in [0.15, 0.2) is 28.0 Å². The van der Waals surface area contributed by atoms with Gasteiger partial charge < -0.3 is 15.3 Å². The minimum atomic E-state index is -0.415. The molecule has 0 saturated carbocycles. The van der Waals surface area contributed by atoms with Crippen molar-refractivity contribution >= 4 is 35.1 Å². The number of thioether (sulfide) groups is 2. The Morgan fingerprint density at radius 2 is 1.48 bits per heavy atom. The first-order valence-electron chi connectivity index (χ1n) is 6.24. The lowest BCUT2D eigenvalue weighted by Crippen LogP contribution is -2.20. The SMILES string of the molecule is O=C1C(SCCO)=C(SCCO)C(=O)c2c(O)cccc21. The van der Waals surface area contributed by atoms with Crippen LogP contribution in [0, 0.1) is 0 Å². The molecule has 2 rings (SSSR count). The molecule has 0 aliphatic heterocycles. The quantitative estimate of drug-likeness (QED) is 0.728. The van der Waals surface area contributed by atoms with Gasteiger partial charge in [0.25, 0.3) is 0 Å². The smallest absolute Gasteiger partial charge is 0.205 e. The zero-order chi connectivity index (χ0) is 15.4. The minimum absolute atomic E-state index is 0.0105. The second-order valence-electron chi connectivity index (χ2n) is 4.16. The maximum atomic E-state index is 12.5. The Morgan fingerprint density at radius 3 is 2.05 bits per heavy atom. The molecule has 0 amide bonds. The third kappa shape index (κ3) is 3.16. The number of aliphatic hydroxyl groups is 2. The molecule has 112 valence electrons. The van der Waals surface area contributed by atoms with Gasteiger partial charge >= 0.3 is 0 Å². The molecular weight excluding hydrogens is 312 g/mol. The van der Waals surface area contributed by atoms with E-state index in [0.29, 0.717) is 5.75 Å². The topological polar surface area (TPSA) is 94.8 Å². The van der Waals surface area contributed by atoms with Crippen molar-refractivity contribution in [1.29, 1.82) is 0 Å². The summed E-state index contributed by atoms with van der Waals surface area (Å²) in [5, 5.41) is 27.7. The van der Waals surface area contributed by atoms with Crippen molar-refractivity contribution in [2.45, 2.75) is 0 Å². The number of hydrogen-bond acceptors (Lipinski definition) is 7. The highest BCUT2D eigenvalue weighted by Gasteiger charge is 2.34. The molecule has 0 heterocycles. The lowest BCUT2D eigenvalue weighted by atomic mass is 9.93. The third-order valence-corrected chi connectivity index (χ3v) is 5.07. The van der Waals surface area contributed by atoms with Gasteiger partial charge in [0.15, 0.2) is 0 Å². The van der Waals surface area contributed by atoms with Gasteiger partial charge in [-0.3, -0.25) is 9.59 Å². The number of allylic oxidation sites excluding steroid dienone is 2. The Hall–Kier alpha value is -1.28. The van der Waals surface area contributed by atoms with Crippen LogP contribution in [0.4, 0.5) is 0 Å². The predicted octanol–water partition coefficient (Wildman–Crippen LogP) is 1.43. The van der Waals surface area contributed by atoms with E-state index < -0.39 is 5.78 Å². The number of phenolic OH excluding ortho intramolecular Hbond substituents is 1. The molecule has 0 unspecified atom stereocenters. The number of carbonyl (C=O) groups is 2. The number of benzene rings is 1. The Morgan fingerprint density at radius 1 is 0.905 bits per heavy atom. The first-order chi connectivity index (χ1) is 10.1. The van der Waals surface area contributed by atoms with Gasteiger partial charge in [-0.05, 0) is 12.1 Å². The van der Waals surface area contributed by atoms with Crippen LogP contribution in [0.3, 0.4) is 0 Å². The highest BCUT2D eigenvalue weighted by atomic mass is 32.2. The lowest BCUT2D eigenvalue weighted by Gasteiger charge is -2.20. The van der Waals surface area contributed by atoms with Crippen molar-refractivity contribution in [1.82, 2.24) is 0 Å². The second kappa shape index (κ2) is 7.13. The van der Waals surface area contributed by atoms with Crippen LogP contribution in [-0.2, 0) is 0 Å². The van der Waals surface area contributed by atoms with Crippen molar-refractivity contribution in [2.24, 2.45) is 0 Å². The van der Waals surface area contributed by atoms with Gasteiger partial charge in [-0.25, -0.2) is 0 Å². The molecule has 1 aliphatic carbocycles. The van der Waals surface area contributed by atoms with Crippen molar-refractivity contribution in [3.63, 3.8) is 0 Å². The summed E-state index contributed by atoms with van der Waals surface area (Å²) < 4.78 is 0. The van der Waals surface area contributed by atoms with E-state index in [1.165, 1.54) is 18.2 Å². The summed E-state index contributed by atoms with van der Waals surface area (Å²) in [5.41, 5.74) is 0.185. The Bertz CT molecular complexity index is 609. The average molecular weight is 326 g/mol. The van der Waals surface area contributed by atoms with Crippen LogP contribution < -0.4 is 0 Å². The first-order valence-corrected chi connectivity index (χ1v) is 8.22. The number of rotatable bonds is 6. The largest absolute Gasteiger partial charge is 0.507 e. The number of ketones is 2. The molecule has 1 aromatic rings. The van der Waals surface area contributed by atoms with Gasteiger partial charge in [0, 0.05) is 17.1 Å². The number of aliphatic hydroxyl groups excluding tert-OH is 2. The number of carbonyl (C=O) groups excluding carboxylic acids is 2. The zero-order valence-electron chi connectivity index (χ0n) is 11.0. The number of Topliss-reactive ketones (excluding diaryl/α,β-unsaturated/α-hetero) is 2. The van der Waals surface area contributed by atoms with Gasteiger partial charge in [0.05, 0.1) is 28.6 Å². The fraction of sp³-hybridized carbons (Fsp3) is 0.286. The average Bonchev–Trinajstić information content (AvgIpc) is 2.48. The molecule has 0 fully saturated rings. The molecule has 0 atom stereocenters. The van der Waals surface area contributed by atoms with E-state index in [1.54, 1.807) is 0 Å². The summed E-state index contributed by atoms with van der Waals surface area (Å²) in [6.45, 7) is -0.234. The third-order valence-electron chi connectivity index (χ3n) is 2.81. The number of phenols is 1. The number of hydrogen-bond donors (Lipinski definition) is 3. The van der Waals surface area contributed by atoms with Gasteiger partial charge in [0.1, 0.15) is 5.75 Å². The van der Waals surface area contributed by atoms with Crippen LogP contribution >= 0.6 is 23.5 Å². The van der Waals surface area contributed by atoms with E-state index in [1.807, 2.05) is 0 Å². The maximum absolute atomic E-state index is 12.5. The van der Waals surface area contributed by atoms with Crippen LogP contribution in [-0.4, -0.2) is 51.6 Å². The molecule has 1 aromatic carbocycles. The van der Waals surface area contributed by atoms with Crippen molar-refractivity contribution in [2.75, 3.05) is 24.7 Å². The van der Waals surface area contributed by atoms with E-state index in [9.17, 15) is 14.7 Å². The molecule has 0 spiro atoms. The van der Waals surface area contributed by atoms with E-state index in [4.69, 9.17) is 10.2 Å². The van der Waals surface area contributed by atoms with E-state index >= 15 is 0 Å². The first kappa shape index (κ1) is 16.1. The van der Waals surface area contributed by atoms with E-state index in [2.05, 4.69) is 0 Å². The fourth-order valence-electron chi connectivity index (χ4n) is 1.97. The molecule has 21 heavy (non-hydrogen) atoms. The molecule has 0 radical (unpaired) electrons. The van der Waals surface area contributed by atoms with Crippen molar-refractivity contribution in [3.05, 3.63) is 39.1 Å². The summed E-state index contributed by atoms with van der Waals surface area (Å²) in [6.07, 6.45) is 0. The molecule has 0 aromatic heterocycles. The van der Waals surface area contributed by atoms with Gasteiger partial charge in [-0.1, -0.05) is 6.07 Å². The summed E-state index contributed by atoms with van der Waals surface area (Å²) >= 11 is 2.20. The summed E-state index contributed by atoms with van der Waals surface area (Å²) in [5.74, 6) is -0.397. The molecule has 0 bridgehead atoms. The lowest BCUT2D eigenvalue weighted by molar-refractivity contribution is 0.0986. The molecule has 7 heteroatoms. The molecular formula is C14H14O5S2. The Labute approximate surface area is 130 Å². The molecule has 3 N–H and O–H groups in total. The fourth-order valence-corrected chi connectivity index (χ4v) is 3.83. The molecule has 5 nitrogen and oxygen atoms in total. The van der Waals surface area contributed by atoms with Crippen LogP contribution in [0.2, 0.25) is 0 Å². The Balaban J connectivity index is 2.50. The highest BCUT2D eigenvalue weighted by Crippen LogP contribution is 2.40. The van der Waals surface area contributed by atoms with Crippen LogP contribution in [0.25, 0.3) is 0 Å². The zero-order valence-corrected chi connectivity index (χ0v) is 12.7. The van der Waals surface area contributed by atoms with Gasteiger partial charge in [-0.15, -0.1) is 23.5 Å². The van der Waals surface area contributed by atoms with Crippen LogP contribution in [0.1, 0.15) is 20.7 Å². The van der Waals surface area contributed by atoms with Gasteiger partial charge in [0.2, 0.25) is 11.6 Å². The normalized spacial score (nSPS) is 14.6. The summed E-state index contributed by atoms with van der Waals surface area (Å²) in [6, 6.07) is 4.38. The van der Waals surface area contributed by atoms with E-state index in [-0.39, 0.29) is 51.4 Å². The number of fused-ring (bicyclic) bond motifs is 1. The molecule has 1 aliphatic rings. The second-order valence-corrected chi connectivity index (χ2v) is 6.37. The summed E-state index contributed by atoms with van der Waals surface area (Å²) in [4.78, 5) is 25.5. The summed E-state index contributed by atoms with van der Waals surface area (Å²) in [7, 11) is 0.